The number of nitrogens with zero attached hydrogens (tertiary/aromatic N) is 2. The molecule has 4 N–H and O–H groups in total. The van der Waals surface area contributed by atoms with Crippen molar-refractivity contribution in [1.29, 1.82) is 0 Å². The van der Waals surface area contributed by atoms with Gasteiger partial charge in [0.05, 0.1) is 15.0 Å². The number of carbonyl (C=O) groups excluding carboxylic acids is 1. The van der Waals surface area contributed by atoms with Gasteiger partial charge in [0.2, 0.25) is 5.88 Å². The van der Waals surface area contributed by atoms with Gasteiger partial charge in [-0.05, 0) is 92.8 Å². The Hall–Kier alpha value is -3.29. The molecule has 0 atom stereocenters. The van der Waals surface area contributed by atoms with Crippen molar-refractivity contribution in [3.63, 3.8) is 0 Å². The zero-order valence-corrected chi connectivity index (χ0v) is 24.8. The van der Waals surface area contributed by atoms with Crippen LogP contribution < -0.4 is 20.9 Å². The van der Waals surface area contributed by atoms with Crippen LogP contribution in [0.3, 0.4) is 0 Å². The molecule has 2 aromatic heterocycles. The highest BCUT2D eigenvalue weighted by Gasteiger charge is 2.21. The number of pyridine rings is 1. The number of hydrogen-bond donors (Lipinski definition) is 4. The first-order chi connectivity index (χ1) is 19.6. The molecule has 0 bridgehead atoms. The van der Waals surface area contributed by atoms with Gasteiger partial charge in [0, 0.05) is 29.4 Å². The van der Waals surface area contributed by atoms with Crippen LogP contribution in [0.5, 0.6) is 5.88 Å². The summed E-state index contributed by atoms with van der Waals surface area (Å²) >= 11 is 13.0. The van der Waals surface area contributed by atoms with Crippen LogP contribution in [0.4, 0.5) is 16.2 Å². The summed E-state index contributed by atoms with van der Waals surface area (Å²) < 4.78 is 27.8. The number of likely N-dealkylation sites (tertiary alicyclic amines) is 1. The molecule has 2 aromatic carbocycles. The third-order valence-electron chi connectivity index (χ3n) is 6.67. The Morgan fingerprint density at radius 1 is 1.00 bits per heavy atom. The lowest BCUT2D eigenvalue weighted by Gasteiger charge is -2.16. The Bertz CT molecular complexity index is 1770. The van der Waals surface area contributed by atoms with Gasteiger partial charge in [-0.15, -0.1) is 11.3 Å². The van der Waals surface area contributed by atoms with Gasteiger partial charge >= 0.3 is 6.03 Å². The highest BCUT2D eigenvalue weighted by Crippen LogP contribution is 2.31. The first-order valence-corrected chi connectivity index (χ1v) is 15.9. The number of benzene rings is 2. The van der Waals surface area contributed by atoms with Gasteiger partial charge in [0.15, 0.2) is 0 Å². The SMILES string of the molecule is O=C(Nc1ccc(-n2c(O)c3ccc(NCCCN4CCCC4)cc3cc2=O)c(Cl)c1)NS(=O)(=O)c1ccc(Cl)s1. The average molecular weight is 637 g/mol. The van der Waals surface area contributed by atoms with Crippen molar-refractivity contribution in [1.82, 2.24) is 14.2 Å². The maximum Gasteiger partial charge on any atom is 0.333 e. The van der Waals surface area contributed by atoms with Crippen LogP contribution in [-0.2, 0) is 10.0 Å². The molecule has 2 amide bonds. The average Bonchev–Trinajstić information content (AvgIpc) is 3.59. The van der Waals surface area contributed by atoms with E-state index in [1.165, 1.54) is 49.2 Å². The van der Waals surface area contributed by atoms with E-state index in [-0.39, 0.29) is 30.8 Å². The normalized spacial score (nSPS) is 13.9. The van der Waals surface area contributed by atoms with Gasteiger partial charge in [-0.1, -0.05) is 23.2 Å². The molecule has 4 aromatic rings. The Labute approximate surface area is 250 Å². The number of amides is 2. The van der Waals surface area contributed by atoms with Crippen LogP contribution in [0.25, 0.3) is 16.5 Å². The fourth-order valence-corrected chi connectivity index (χ4v) is 7.38. The van der Waals surface area contributed by atoms with Crippen molar-refractivity contribution in [2.75, 3.05) is 36.8 Å². The van der Waals surface area contributed by atoms with E-state index in [0.29, 0.717) is 10.8 Å². The Morgan fingerprint density at radius 2 is 1.76 bits per heavy atom. The lowest BCUT2D eigenvalue weighted by molar-refractivity contribution is 0.256. The Morgan fingerprint density at radius 3 is 2.46 bits per heavy atom. The van der Waals surface area contributed by atoms with Gasteiger partial charge in [-0.3, -0.25) is 4.79 Å². The molecule has 1 saturated heterocycles. The number of rotatable bonds is 9. The number of thiophene rings is 1. The second-order valence-corrected chi connectivity index (χ2v) is 13.6. The van der Waals surface area contributed by atoms with Gasteiger partial charge in [-0.2, -0.15) is 0 Å². The van der Waals surface area contributed by atoms with E-state index in [1.807, 2.05) is 16.9 Å². The van der Waals surface area contributed by atoms with E-state index in [2.05, 4.69) is 15.5 Å². The molecule has 5 rings (SSSR count). The predicted octanol–water partition coefficient (Wildman–Crippen LogP) is 5.47. The summed E-state index contributed by atoms with van der Waals surface area (Å²) in [6.45, 7) is 4.18. The molecule has 1 aliphatic heterocycles. The number of anilines is 2. The molecule has 41 heavy (non-hydrogen) atoms. The van der Waals surface area contributed by atoms with Crippen molar-refractivity contribution in [2.45, 2.75) is 23.5 Å². The van der Waals surface area contributed by atoms with E-state index in [0.717, 1.165) is 54.2 Å². The summed E-state index contributed by atoms with van der Waals surface area (Å²) in [6.07, 6.45) is 3.54. The lowest BCUT2D eigenvalue weighted by atomic mass is 10.1. The van der Waals surface area contributed by atoms with Crippen LogP contribution in [-0.4, -0.2) is 55.2 Å². The lowest BCUT2D eigenvalue weighted by Crippen LogP contribution is -2.33. The summed E-state index contributed by atoms with van der Waals surface area (Å²) in [5, 5.41) is 17.9. The molecular formula is C27H27Cl2N5O5S2. The number of halogens is 2. The number of hydrogen-bond acceptors (Lipinski definition) is 8. The van der Waals surface area contributed by atoms with Crippen molar-refractivity contribution in [3.05, 3.63) is 74.3 Å². The van der Waals surface area contributed by atoms with Crippen LogP contribution in [0.15, 0.2) is 63.6 Å². The minimum atomic E-state index is -4.11. The van der Waals surface area contributed by atoms with Gasteiger partial charge in [0.1, 0.15) is 4.21 Å². The molecule has 1 fully saturated rings. The molecule has 0 spiro atoms. The molecule has 10 nitrogen and oxygen atoms in total. The third-order valence-corrected chi connectivity index (χ3v) is 10.0. The molecule has 0 aliphatic carbocycles. The second kappa shape index (κ2) is 12.3. The summed E-state index contributed by atoms with van der Waals surface area (Å²) in [5.74, 6) is -0.283. The number of fused-ring (bicyclic) bond motifs is 1. The highest BCUT2D eigenvalue weighted by atomic mass is 35.5. The maximum atomic E-state index is 13.0. The molecule has 216 valence electrons. The van der Waals surface area contributed by atoms with Crippen LogP contribution in [0.2, 0.25) is 9.36 Å². The monoisotopic (exact) mass is 635 g/mol. The molecular weight excluding hydrogens is 609 g/mol. The van der Waals surface area contributed by atoms with Crippen LogP contribution in [0.1, 0.15) is 19.3 Å². The minimum Gasteiger partial charge on any atom is -0.494 e. The van der Waals surface area contributed by atoms with Crippen molar-refractivity contribution in [2.24, 2.45) is 0 Å². The van der Waals surface area contributed by atoms with Gasteiger partial charge in [-0.25, -0.2) is 22.5 Å². The van der Waals surface area contributed by atoms with Crippen LogP contribution >= 0.6 is 34.5 Å². The Kier molecular flexibility index (Phi) is 8.76. The van der Waals surface area contributed by atoms with Crippen molar-refractivity contribution >= 4 is 72.7 Å². The molecule has 14 heteroatoms. The van der Waals surface area contributed by atoms with E-state index < -0.39 is 21.6 Å². The number of carbonyl (C=O) groups is 1. The molecule has 3 heterocycles. The number of nitrogens with one attached hydrogen (secondary N) is 3. The quantitative estimate of drug-likeness (QED) is 0.179. The third kappa shape index (κ3) is 6.79. The fourth-order valence-electron chi connectivity index (χ4n) is 4.73. The first-order valence-electron chi connectivity index (χ1n) is 12.8. The zero-order chi connectivity index (χ0) is 29.1. The standard InChI is InChI=1S/C27H27Cl2N5O5S2/c28-21-16-19(31-27(37)32-41(38,39)25-9-8-23(29)40-25)5-7-22(21)34-24(35)15-17-14-18(4-6-20(17)26(34)36)30-10-3-13-33-11-1-2-12-33/h4-9,14-16,30,36H,1-3,10-13H2,(H2,31,32,37). The number of aromatic nitrogens is 1. The van der Waals surface area contributed by atoms with E-state index in [9.17, 15) is 23.1 Å². The number of sulfonamides is 1. The summed E-state index contributed by atoms with van der Waals surface area (Å²) in [5.41, 5.74) is 0.713. The van der Waals surface area contributed by atoms with Crippen LogP contribution in [0, 0.1) is 0 Å². The molecule has 0 radical (unpaired) electrons. The highest BCUT2D eigenvalue weighted by molar-refractivity contribution is 7.92. The first kappa shape index (κ1) is 29.2. The topological polar surface area (TPSA) is 133 Å². The minimum absolute atomic E-state index is 0.0451. The van der Waals surface area contributed by atoms with Gasteiger partial charge in [0.25, 0.3) is 15.6 Å². The Balaban J connectivity index is 1.29. The summed E-state index contributed by atoms with van der Waals surface area (Å²) in [4.78, 5) is 27.8. The maximum absolute atomic E-state index is 13.0. The smallest absolute Gasteiger partial charge is 0.333 e. The van der Waals surface area contributed by atoms with E-state index in [1.54, 1.807) is 6.07 Å². The summed E-state index contributed by atoms with van der Waals surface area (Å²) in [7, 11) is -4.11. The second-order valence-electron chi connectivity index (χ2n) is 9.56. The molecule has 1 aliphatic rings. The number of aromatic hydroxyl groups is 1. The molecule has 0 unspecified atom stereocenters. The largest absolute Gasteiger partial charge is 0.494 e. The zero-order valence-electron chi connectivity index (χ0n) is 21.7. The predicted molar refractivity (Wildman–Crippen MR) is 164 cm³/mol. The van der Waals surface area contributed by atoms with Crippen molar-refractivity contribution in [3.8, 4) is 11.6 Å². The molecule has 0 saturated carbocycles. The van der Waals surface area contributed by atoms with Gasteiger partial charge < -0.3 is 20.6 Å². The fraction of sp³-hybridized carbons (Fsp3) is 0.259. The summed E-state index contributed by atoms with van der Waals surface area (Å²) in [6, 6.07) is 12.7. The number of urea groups is 1. The van der Waals surface area contributed by atoms with E-state index >= 15 is 0 Å². The van der Waals surface area contributed by atoms with Crippen molar-refractivity contribution < 1.29 is 18.3 Å². The van der Waals surface area contributed by atoms with E-state index in [4.69, 9.17) is 23.2 Å².